The summed E-state index contributed by atoms with van der Waals surface area (Å²) >= 11 is 0. The van der Waals surface area contributed by atoms with Gasteiger partial charge in [-0.1, -0.05) is 0 Å². The van der Waals surface area contributed by atoms with E-state index in [4.69, 9.17) is 9.52 Å². The van der Waals surface area contributed by atoms with E-state index in [1.54, 1.807) is 13.0 Å². The van der Waals surface area contributed by atoms with Crippen LogP contribution in [0, 0.1) is 12.8 Å². The first-order chi connectivity index (χ1) is 8.08. The number of hydrogen-bond acceptors (Lipinski definition) is 3. The van der Waals surface area contributed by atoms with Gasteiger partial charge < -0.3 is 14.8 Å². The maximum absolute atomic E-state index is 11.8. The number of amides is 1. The molecular formula is C12H15NO4. The number of furan rings is 1. The second-order valence-electron chi connectivity index (χ2n) is 4.41. The lowest BCUT2D eigenvalue weighted by Crippen LogP contribution is -2.33. The number of aliphatic carboxylic acids is 1. The minimum Gasteiger partial charge on any atom is -0.481 e. The van der Waals surface area contributed by atoms with E-state index in [2.05, 4.69) is 5.32 Å². The zero-order chi connectivity index (χ0) is 12.4. The standard InChI is InChI=1S/C12H15NO4/c1-7-10(4-5-17-7)11(14)13-9-3-2-8(6-9)12(15)16/h4-5,8-9H,2-3,6H2,1H3,(H,13,14)(H,15,16)/t8-,9+/m1/s1. The summed E-state index contributed by atoms with van der Waals surface area (Å²) in [4.78, 5) is 22.6. The number of aryl methyl sites for hydroxylation is 1. The number of hydrogen-bond donors (Lipinski definition) is 2. The SMILES string of the molecule is Cc1occc1C(=O)N[C@H]1CC[C@@H](C(=O)O)C1. The summed E-state index contributed by atoms with van der Waals surface area (Å²) in [5.41, 5.74) is 0.517. The number of rotatable bonds is 3. The minimum absolute atomic E-state index is 0.0436. The number of carbonyl (C=O) groups is 2. The fourth-order valence-corrected chi connectivity index (χ4v) is 2.22. The lowest BCUT2D eigenvalue weighted by atomic mass is 10.1. The van der Waals surface area contributed by atoms with Crippen molar-refractivity contribution in [2.24, 2.45) is 5.92 Å². The van der Waals surface area contributed by atoms with E-state index in [0.29, 0.717) is 24.2 Å². The molecule has 0 aromatic carbocycles. The van der Waals surface area contributed by atoms with Crippen LogP contribution in [0.2, 0.25) is 0 Å². The van der Waals surface area contributed by atoms with Crippen LogP contribution in [-0.2, 0) is 4.79 Å². The second kappa shape index (κ2) is 4.61. The van der Waals surface area contributed by atoms with E-state index in [1.807, 2.05) is 0 Å². The van der Waals surface area contributed by atoms with Crippen LogP contribution in [0.5, 0.6) is 0 Å². The van der Waals surface area contributed by atoms with Crippen LogP contribution in [0.15, 0.2) is 16.7 Å². The molecule has 0 spiro atoms. The Bertz CT molecular complexity index is 437. The van der Waals surface area contributed by atoms with Crippen LogP contribution in [0.25, 0.3) is 0 Å². The number of carboxylic acids is 1. The maximum atomic E-state index is 11.8. The molecule has 92 valence electrons. The Labute approximate surface area is 98.8 Å². The third-order valence-corrected chi connectivity index (χ3v) is 3.22. The van der Waals surface area contributed by atoms with Crippen molar-refractivity contribution >= 4 is 11.9 Å². The first-order valence-corrected chi connectivity index (χ1v) is 5.65. The zero-order valence-corrected chi connectivity index (χ0v) is 9.60. The van der Waals surface area contributed by atoms with Crippen LogP contribution in [0.3, 0.4) is 0 Å². The Morgan fingerprint density at radius 2 is 2.24 bits per heavy atom. The van der Waals surface area contributed by atoms with Crippen molar-refractivity contribution in [3.05, 3.63) is 23.7 Å². The molecule has 1 aliphatic carbocycles. The summed E-state index contributed by atoms with van der Waals surface area (Å²) in [6, 6.07) is 1.58. The van der Waals surface area contributed by atoms with Crippen LogP contribution < -0.4 is 5.32 Å². The molecular weight excluding hydrogens is 222 g/mol. The highest BCUT2D eigenvalue weighted by Gasteiger charge is 2.30. The number of nitrogens with one attached hydrogen (secondary N) is 1. The predicted octanol–water partition coefficient (Wildman–Crippen LogP) is 1.57. The molecule has 5 nitrogen and oxygen atoms in total. The quantitative estimate of drug-likeness (QED) is 0.836. The van der Waals surface area contributed by atoms with E-state index in [1.165, 1.54) is 6.26 Å². The van der Waals surface area contributed by atoms with Crippen molar-refractivity contribution < 1.29 is 19.1 Å². The molecule has 1 amide bonds. The molecule has 1 fully saturated rings. The summed E-state index contributed by atoms with van der Waals surface area (Å²) < 4.78 is 5.05. The average Bonchev–Trinajstić information content (AvgIpc) is 2.86. The van der Waals surface area contributed by atoms with Crippen molar-refractivity contribution in [1.29, 1.82) is 0 Å². The Kier molecular flexibility index (Phi) is 3.17. The van der Waals surface area contributed by atoms with Crippen LogP contribution in [0.1, 0.15) is 35.4 Å². The highest BCUT2D eigenvalue weighted by atomic mass is 16.4. The third-order valence-electron chi connectivity index (χ3n) is 3.22. The minimum atomic E-state index is -0.777. The molecule has 1 aromatic rings. The van der Waals surface area contributed by atoms with Crippen molar-refractivity contribution in [3.63, 3.8) is 0 Å². The van der Waals surface area contributed by atoms with Gasteiger partial charge in [0.2, 0.25) is 0 Å². The molecule has 1 saturated carbocycles. The topological polar surface area (TPSA) is 79.5 Å². The Hall–Kier alpha value is -1.78. The Morgan fingerprint density at radius 1 is 1.47 bits per heavy atom. The molecule has 1 aromatic heterocycles. The van der Waals surface area contributed by atoms with E-state index >= 15 is 0 Å². The van der Waals surface area contributed by atoms with Crippen molar-refractivity contribution in [2.45, 2.75) is 32.2 Å². The van der Waals surface area contributed by atoms with Crippen molar-refractivity contribution in [2.75, 3.05) is 0 Å². The predicted molar refractivity (Wildman–Crippen MR) is 59.7 cm³/mol. The summed E-state index contributed by atoms with van der Waals surface area (Å²) in [6.07, 6.45) is 3.33. The van der Waals surface area contributed by atoms with Crippen LogP contribution >= 0.6 is 0 Å². The smallest absolute Gasteiger partial charge is 0.306 e. The molecule has 2 atom stereocenters. The first kappa shape index (κ1) is 11.7. The molecule has 0 unspecified atom stereocenters. The highest BCUT2D eigenvalue weighted by molar-refractivity contribution is 5.95. The zero-order valence-electron chi connectivity index (χ0n) is 9.60. The van der Waals surface area contributed by atoms with Gasteiger partial charge in [0, 0.05) is 6.04 Å². The van der Waals surface area contributed by atoms with Crippen LogP contribution in [-0.4, -0.2) is 23.0 Å². The van der Waals surface area contributed by atoms with Gasteiger partial charge >= 0.3 is 5.97 Å². The monoisotopic (exact) mass is 237 g/mol. The molecule has 17 heavy (non-hydrogen) atoms. The van der Waals surface area contributed by atoms with Crippen molar-refractivity contribution in [3.8, 4) is 0 Å². The first-order valence-electron chi connectivity index (χ1n) is 5.65. The van der Waals surface area contributed by atoms with Gasteiger partial charge in [-0.05, 0) is 32.3 Å². The molecule has 0 aliphatic heterocycles. The van der Waals surface area contributed by atoms with Gasteiger partial charge in [-0.2, -0.15) is 0 Å². The van der Waals surface area contributed by atoms with Gasteiger partial charge in [-0.3, -0.25) is 9.59 Å². The van der Waals surface area contributed by atoms with Crippen molar-refractivity contribution in [1.82, 2.24) is 5.32 Å². The summed E-state index contributed by atoms with van der Waals surface area (Å²) in [5.74, 6) is -0.713. The average molecular weight is 237 g/mol. The number of carboxylic acid groups (broad SMARTS) is 1. The molecule has 0 saturated heterocycles. The van der Waals surface area contributed by atoms with Gasteiger partial charge in [-0.15, -0.1) is 0 Å². The second-order valence-corrected chi connectivity index (χ2v) is 4.41. The fraction of sp³-hybridized carbons (Fsp3) is 0.500. The van der Waals surface area contributed by atoms with E-state index < -0.39 is 5.97 Å². The maximum Gasteiger partial charge on any atom is 0.306 e. The van der Waals surface area contributed by atoms with E-state index in [0.717, 1.165) is 6.42 Å². The Balaban J connectivity index is 1.93. The van der Waals surface area contributed by atoms with Gasteiger partial charge in [-0.25, -0.2) is 0 Å². The molecule has 2 N–H and O–H groups in total. The molecule has 2 rings (SSSR count). The molecule has 1 heterocycles. The van der Waals surface area contributed by atoms with E-state index in [-0.39, 0.29) is 17.9 Å². The van der Waals surface area contributed by atoms with Crippen LogP contribution in [0.4, 0.5) is 0 Å². The van der Waals surface area contributed by atoms with Gasteiger partial charge in [0.05, 0.1) is 17.7 Å². The lowest BCUT2D eigenvalue weighted by molar-refractivity contribution is -0.141. The molecule has 1 aliphatic rings. The molecule has 5 heteroatoms. The third kappa shape index (κ3) is 2.49. The van der Waals surface area contributed by atoms with Gasteiger partial charge in [0.25, 0.3) is 5.91 Å². The highest BCUT2D eigenvalue weighted by Crippen LogP contribution is 2.26. The molecule has 0 bridgehead atoms. The largest absolute Gasteiger partial charge is 0.481 e. The van der Waals surface area contributed by atoms with Gasteiger partial charge in [0.15, 0.2) is 0 Å². The van der Waals surface area contributed by atoms with E-state index in [9.17, 15) is 9.59 Å². The fourth-order valence-electron chi connectivity index (χ4n) is 2.22. The number of carbonyl (C=O) groups excluding carboxylic acids is 1. The lowest BCUT2D eigenvalue weighted by Gasteiger charge is -2.11. The summed E-state index contributed by atoms with van der Waals surface area (Å²) in [5, 5.41) is 11.7. The normalized spacial score (nSPS) is 23.6. The Morgan fingerprint density at radius 3 is 2.76 bits per heavy atom. The summed E-state index contributed by atoms with van der Waals surface area (Å²) in [6.45, 7) is 1.73. The van der Waals surface area contributed by atoms with Gasteiger partial charge in [0.1, 0.15) is 5.76 Å². The molecule has 0 radical (unpaired) electrons. The summed E-state index contributed by atoms with van der Waals surface area (Å²) in [7, 11) is 0.